The van der Waals surface area contributed by atoms with E-state index in [9.17, 15) is 4.39 Å². The average molecular weight is 170 g/mol. The van der Waals surface area contributed by atoms with E-state index in [0.29, 0.717) is 0 Å². The molecule has 0 aromatic heterocycles. The third-order valence-electron chi connectivity index (χ3n) is 1.62. The van der Waals surface area contributed by atoms with Gasteiger partial charge in [-0.05, 0) is 30.4 Å². The normalized spacial score (nSPS) is 10.1. The first kappa shape index (κ1) is 8.60. The lowest BCUT2D eigenvalue weighted by molar-refractivity contribution is 0.600. The van der Waals surface area contributed by atoms with Crippen LogP contribution in [0.2, 0.25) is 0 Å². The minimum atomic E-state index is -0.100. The van der Waals surface area contributed by atoms with Crippen LogP contribution in [-0.2, 0) is 6.42 Å². The predicted octanol–water partition coefficient (Wildman–Crippen LogP) is 3.11. The van der Waals surface area contributed by atoms with Crippen LogP contribution in [0.3, 0.4) is 0 Å². The third-order valence-corrected chi connectivity index (χ3v) is 2.40. The number of aryl methyl sites for hydroxylation is 1. The molecular formula is C9H11FS. The van der Waals surface area contributed by atoms with E-state index in [1.54, 1.807) is 6.07 Å². The van der Waals surface area contributed by atoms with Crippen molar-refractivity contribution >= 4 is 11.8 Å². The highest BCUT2D eigenvalue weighted by molar-refractivity contribution is 7.98. The van der Waals surface area contributed by atoms with Crippen molar-refractivity contribution in [3.8, 4) is 0 Å². The molecule has 0 N–H and O–H groups in total. The molecule has 1 rings (SSSR count). The van der Waals surface area contributed by atoms with Crippen molar-refractivity contribution < 1.29 is 4.39 Å². The molecule has 0 unspecified atom stereocenters. The standard InChI is InChI=1S/C9H11FS/c1-3-7-4-5-9(11-2)8(10)6-7/h4-6H,3H2,1-2H3. The zero-order valence-electron chi connectivity index (χ0n) is 6.73. The van der Waals surface area contributed by atoms with Gasteiger partial charge in [0.05, 0.1) is 0 Å². The topological polar surface area (TPSA) is 0 Å². The van der Waals surface area contributed by atoms with Crippen LogP contribution in [0.25, 0.3) is 0 Å². The van der Waals surface area contributed by atoms with Gasteiger partial charge >= 0.3 is 0 Å². The van der Waals surface area contributed by atoms with Gasteiger partial charge in [0.15, 0.2) is 0 Å². The van der Waals surface area contributed by atoms with Crippen molar-refractivity contribution in [2.24, 2.45) is 0 Å². The van der Waals surface area contributed by atoms with E-state index in [1.807, 2.05) is 25.3 Å². The van der Waals surface area contributed by atoms with Gasteiger partial charge in [-0.3, -0.25) is 0 Å². The molecule has 0 atom stereocenters. The van der Waals surface area contributed by atoms with Crippen LogP contribution in [0.1, 0.15) is 12.5 Å². The lowest BCUT2D eigenvalue weighted by Gasteiger charge is -2.00. The van der Waals surface area contributed by atoms with Crippen LogP contribution in [0.5, 0.6) is 0 Å². The van der Waals surface area contributed by atoms with Crippen molar-refractivity contribution in [1.29, 1.82) is 0 Å². The summed E-state index contributed by atoms with van der Waals surface area (Å²) in [5, 5.41) is 0. The van der Waals surface area contributed by atoms with Gasteiger partial charge in [0.25, 0.3) is 0 Å². The second-order valence-corrected chi connectivity index (χ2v) is 3.17. The van der Waals surface area contributed by atoms with Crippen molar-refractivity contribution in [3.05, 3.63) is 29.6 Å². The van der Waals surface area contributed by atoms with Crippen molar-refractivity contribution in [1.82, 2.24) is 0 Å². The third kappa shape index (κ3) is 1.96. The van der Waals surface area contributed by atoms with Crippen LogP contribution in [0, 0.1) is 5.82 Å². The Morgan fingerprint density at radius 1 is 1.45 bits per heavy atom. The first-order chi connectivity index (χ1) is 5.27. The Kier molecular flexibility index (Phi) is 2.94. The molecule has 0 saturated carbocycles. The Bertz CT molecular complexity index is 245. The SMILES string of the molecule is CCc1ccc(SC)c(F)c1. The molecule has 2 heteroatoms. The van der Waals surface area contributed by atoms with E-state index in [-0.39, 0.29) is 5.82 Å². The first-order valence-electron chi connectivity index (χ1n) is 3.60. The minimum Gasteiger partial charge on any atom is -0.206 e. The summed E-state index contributed by atoms with van der Waals surface area (Å²) < 4.78 is 13.0. The van der Waals surface area contributed by atoms with Gasteiger partial charge in [0.1, 0.15) is 5.82 Å². The maximum Gasteiger partial charge on any atom is 0.137 e. The van der Waals surface area contributed by atoms with Gasteiger partial charge in [-0.2, -0.15) is 0 Å². The molecule has 0 radical (unpaired) electrons. The summed E-state index contributed by atoms with van der Waals surface area (Å²) in [7, 11) is 0. The Morgan fingerprint density at radius 2 is 2.18 bits per heavy atom. The molecule has 60 valence electrons. The summed E-state index contributed by atoms with van der Waals surface area (Å²) in [5.74, 6) is -0.100. The van der Waals surface area contributed by atoms with E-state index in [0.717, 1.165) is 16.9 Å². The van der Waals surface area contributed by atoms with E-state index < -0.39 is 0 Å². The second-order valence-electron chi connectivity index (χ2n) is 2.32. The highest BCUT2D eigenvalue weighted by Crippen LogP contribution is 2.19. The first-order valence-corrected chi connectivity index (χ1v) is 4.82. The number of hydrogen-bond donors (Lipinski definition) is 0. The van der Waals surface area contributed by atoms with E-state index >= 15 is 0 Å². The van der Waals surface area contributed by atoms with Gasteiger partial charge in [-0.25, -0.2) is 4.39 Å². The molecule has 0 spiro atoms. The van der Waals surface area contributed by atoms with E-state index in [4.69, 9.17) is 0 Å². The molecule has 0 aliphatic carbocycles. The summed E-state index contributed by atoms with van der Waals surface area (Å²) in [6, 6.07) is 5.40. The number of rotatable bonds is 2. The molecule has 0 saturated heterocycles. The Balaban J connectivity index is 2.99. The summed E-state index contributed by atoms with van der Waals surface area (Å²) in [6.45, 7) is 2.02. The average Bonchev–Trinajstić information content (AvgIpc) is 2.04. The Labute approximate surface area is 70.8 Å². The number of halogens is 1. The van der Waals surface area contributed by atoms with Gasteiger partial charge in [0, 0.05) is 4.90 Å². The molecule has 1 aromatic carbocycles. The quantitative estimate of drug-likeness (QED) is 0.614. The Morgan fingerprint density at radius 3 is 2.64 bits per heavy atom. The molecule has 1 aromatic rings. The Hall–Kier alpha value is -0.500. The van der Waals surface area contributed by atoms with Gasteiger partial charge in [0.2, 0.25) is 0 Å². The van der Waals surface area contributed by atoms with Crippen molar-refractivity contribution in [2.45, 2.75) is 18.2 Å². The lowest BCUT2D eigenvalue weighted by Crippen LogP contribution is -1.84. The van der Waals surface area contributed by atoms with Crippen molar-refractivity contribution in [2.75, 3.05) is 6.26 Å². The summed E-state index contributed by atoms with van der Waals surface area (Å²) in [6.07, 6.45) is 2.77. The summed E-state index contributed by atoms with van der Waals surface area (Å²) >= 11 is 1.44. The highest BCUT2D eigenvalue weighted by Gasteiger charge is 1.99. The van der Waals surface area contributed by atoms with Crippen LogP contribution in [0.15, 0.2) is 23.1 Å². The molecule has 0 fully saturated rings. The van der Waals surface area contributed by atoms with Crippen LogP contribution in [-0.4, -0.2) is 6.26 Å². The number of benzene rings is 1. The lowest BCUT2D eigenvalue weighted by atomic mass is 10.2. The molecule has 0 nitrogen and oxygen atoms in total. The van der Waals surface area contributed by atoms with E-state index in [2.05, 4.69) is 0 Å². The minimum absolute atomic E-state index is 0.100. The fourth-order valence-corrected chi connectivity index (χ4v) is 1.39. The molecule has 11 heavy (non-hydrogen) atoms. The zero-order valence-corrected chi connectivity index (χ0v) is 7.54. The van der Waals surface area contributed by atoms with Crippen molar-refractivity contribution in [3.63, 3.8) is 0 Å². The smallest absolute Gasteiger partial charge is 0.137 e. The van der Waals surface area contributed by atoms with Crippen LogP contribution < -0.4 is 0 Å². The fraction of sp³-hybridized carbons (Fsp3) is 0.333. The number of hydrogen-bond acceptors (Lipinski definition) is 1. The monoisotopic (exact) mass is 170 g/mol. The second kappa shape index (κ2) is 3.77. The zero-order chi connectivity index (χ0) is 8.27. The highest BCUT2D eigenvalue weighted by atomic mass is 32.2. The van der Waals surface area contributed by atoms with Gasteiger partial charge < -0.3 is 0 Å². The van der Waals surface area contributed by atoms with Gasteiger partial charge in [-0.1, -0.05) is 13.0 Å². The van der Waals surface area contributed by atoms with Crippen LogP contribution >= 0.6 is 11.8 Å². The van der Waals surface area contributed by atoms with Crippen LogP contribution in [0.4, 0.5) is 4.39 Å². The summed E-state index contributed by atoms with van der Waals surface area (Å²) in [4.78, 5) is 0.724. The molecule has 0 aliphatic rings. The van der Waals surface area contributed by atoms with E-state index in [1.165, 1.54) is 11.8 Å². The molecular weight excluding hydrogens is 159 g/mol. The number of thioether (sulfide) groups is 1. The summed E-state index contributed by atoms with van der Waals surface area (Å²) in [5.41, 5.74) is 1.06. The molecule has 0 heterocycles. The predicted molar refractivity (Wildman–Crippen MR) is 47.6 cm³/mol. The fourth-order valence-electron chi connectivity index (χ4n) is 0.930. The molecule has 0 bridgehead atoms. The molecule has 0 amide bonds. The largest absolute Gasteiger partial charge is 0.206 e. The molecule has 0 aliphatic heterocycles. The maximum absolute atomic E-state index is 13.0. The van der Waals surface area contributed by atoms with Gasteiger partial charge in [-0.15, -0.1) is 11.8 Å². The maximum atomic E-state index is 13.0.